The van der Waals surface area contributed by atoms with E-state index >= 15 is 0 Å². The van der Waals surface area contributed by atoms with Gasteiger partial charge in [0.25, 0.3) is 15.9 Å². The third-order valence-corrected chi connectivity index (χ3v) is 8.34. The number of benzene rings is 2. The Balaban J connectivity index is 1.31. The van der Waals surface area contributed by atoms with Crippen molar-refractivity contribution in [1.82, 2.24) is 4.90 Å². The number of thioether (sulfide) groups is 1. The molecule has 8 nitrogen and oxygen atoms in total. The first-order chi connectivity index (χ1) is 15.3. The number of likely N-dealkylation sites (N-methyl/N-ethyl adjacent to an activating group) is 1. The Kier molecular flexibility index (Phi) is 5.39. The van der Waals surface area contributed by atoms with Crippen LogP contribution >= 0.6 is 11.8 Å². The Labute approximate surface area is 192 Å². The highest BCUT2D eigenvalue weighted by Gasteiger charge is 2.33. The van der Waals surface area contributed by atoms with Crippen molar-refractivity contribution >= 4 is 49.9 Å². The van der Waals surface area contributed by atoms with Crippen LogP contribution < -0.4 is 15.1 Å². The molecule has 0 unspecified atom stereocenters. The monoisotopic (exact) mass is 471 g/mol. The number of carbonyl (C=O) groups is 1. The van der Waals surface area contributed by atoms with E-state index < -0.39 is 10.0 Å². The zero-order valence-electron chi connectivity index (χ0n) is 18.0. The molecule has 168 valence electrons. The van der Waals surface area contributed by atoms with Crippen molar-refractivity contribution in [1.29, 1.82) is 0 Å². The van der Waals surface area contributed by atoms with Gasteiger partial charge in [0.1, 0.15) is 0 Å². The van der Waals surface area contributed by atoms with Crippen molar-refractivity contribution in [2.24, 2.45) is 4.40 Å². The molecule has 10 heteroatoms. The molecule has 3 heterocycles. The molecule has 0 bridgehead atoms. The van der Waals surface area contributed by atoms with Crippen LogP contribution in [0.15, 0.2) is 45.7 Å². The summed E-state index contributed by atoms with van der Waals surface area (Å²) in [6.07, 6.45) is 0. The van der Waals surface area contributed by atoms with E-state index in [1.165, 1.54) is 17.4 Å². The van der Waals surface area contributed by atoms with Crippen molar-refractivity contribution in [2.75, 3.05) is 60.6 Å². The third-order valence-electron chi connectivity index (χ3n) is 6.03. The molecule has 1 N–H and O–H groups in total. The molecule has 0 aromatic heterocycles. The van der Waals surface area contributed by atoms with Gasteiger partial charge >= 0.3 is 0 Å². The summed E-state index contributed by atoms with van der Waals surface area (Å²) in [6, 6.07) is 11.5. The van der Waals surface area contributed by atoms with Crippen LogP contribution in [0.5, 0.6) is 0 Å². The third kappa shape index (κ3) is 4.10. The second-order valence-electron chi connectivity index (χ2n) is 8.34. The lowest BCUT2D eigenvalue weighted by Gasteiger charge is -2.35. The molecular weight excluding hydrogens is 446 g/mol. The maximum absolute atomic E-state index is 12.9. The zero-order chi connectivity index (χ0) is 22.5. The van der Waals surface area contributed by atoms with Crippen LogP contribution in [-0.2, 0) is 10.0 Å². The Morgan fingerprint density at radius 3 is 2.53 bits per heavy atom. The van der Waals surface area contributed by atoms with Gasteiger partial charge in [0.2, 0.25) is 0 Å². The van der Waals surface area contributed by atoms with Crippen molar-refractivity contribution in [3.05, 3.63) is 47.5 Å². The van der Waals surface area contributed by atoms with Crippen LogP contribution in [0.25, 0.3) is 0 Å². The highest BCUT2D eigenvalue weighted by molar-refractivity contribution is 8.15. The minimum atomic E-state index is -3.40. The molecule has 0 spiro atoms. The topological polar surface area (TPSA) is 85.3 Å². The Bertz CT molecular complexity index is 1220. The van der Waals surface area contributed by atoms with Gasteiger partial charge in [-0.1, -0.05) is 0 Å². The van der Waals surface area contributed by atoms with E-state index in [1.54, 1.807) is 12.1 Å². The minimum Gasteiger partial charge on any atom is -0.369 e. The normalized spacial score (nSPS) is 19.9. The number of hydrogen-bond acceptors (Lipinski definition) is 7. The standard InChI is InChI=1S/C22H25N5O3S2/c1-15-13-17(4-6-18(15)26-9-7-25(2)8-10-26)23-21(28)16-3-5-19-20(14-16)31-22-24-32(29,30)12-11-27(19)22/h3-6,13-14H,7-12H2,1-2H3,(H,23,28). The Morgan fingerprint density at radius 2 is 1.78 bits per heavy atom. The first-order valence-electron chi connectivity index (χ1n) is 10.6. The van der Waals surface area contributed by atoms with Crippen molar-refractivity contribution in [2.45, 2.75) is 11.8 Å². The molecule has 32 heavy (non-hydrogen) atoms. The summed E-state index contributed by atoms with van der Waals surface area (Å²) in [5.41, 5.74) is 4.52. The summed E-state index contributed by atoms with van der Waals surface area (Å²) in [5, 5.41) is 3.45. The number of piperazine rings is 1. The first kappa shape index (κ1) is 21.3. The minimum absolute atomic E-state index is 0.00220. The molecule has 0 radical (unpaired) electrons. The predicted octanol–water partition coefficient (Wildman–Crippen LogP) is 2.61. The number of rotatable bonds is 3. The van der Waals surface area contributed by atoms with Crippen LogP contribution in [0.1, 0.15) is 15.9 Å². The average molecular weight is 472 g/mol. The van der Waals surface area contributed by atoms with E-state index in [-0.39, 0.29) is 11.7 Å². The predicted molar refractivity (Wildman–Crippen MR) is 130 cm³/mol. The van der Waals surface area contributed by atoms with Crippen LogP contribution in [0.2, 0.25) is 0 Å². The second-order valence-corrected chi connectivity index (χ2v) is 11.1. The maximum Gasteiger partial charge on any atom is 0.257 e. The van der Waals surface area contributed by atoms with E-state index in [4.69, 9.17) is 0 Å². The van der Waals surface area contributed by atoms with E-state index in [2.05, 4.69) is 39.6 Å². The number of anilines is 3. The molecule has 1 fully saturated rings. The lowest BCUT2D eigenvalue weighted by Crippen LogP contribution is -2.44. The highest BCUT2D eigenvalue weighted by atomic mass is 32.2. The number of sulfonamides is 1. The van der Waals surface area contributed by atoms with E-state index in [0.29, 0.717) is 17.3 Å². The fraction of sp³-hybridized carbons (Fsp3) is 0.364. The number of hydrogen-bond donors (Lipinski definition) is 1. The molecule has 2 aromatic rings. The summed E-state index contributed by atoms with van der Waals surface area (Å²) in [4.78, 5) is 20.3. The number of amides is 1. The van der Waals surface area contributed by atoms with Gasteiger partial charge in [0.15, 0.2) is 5.17 Å². The number of nitrogens with zero attached hydrogens (tertiary/aromatic N) is 4. The molecule has 0 saturated carbocycles. The fourth-order valence-corrected chi connectivity index (χ4v) is 6.51. The Hall–Kier alpha value is -2.56. The number of amidine groups is 1. The Morgan fingerprint density at radius 1 is 1.03 bits per heavy atom. The van der Waals surface area contributed by atoms with Crippen molar-refractivity contribution in [3.8, 4) is 0 Å². The zero-order valence-corrected chi connectivity index (χ0v) is 19.7. The molecule has 3 aliphatic heterocycles. The molecular formula is C22H25N5O3S2. The van der Waals surface area contributed by atoms with Crippen molar-refractivity contribution in [3.63, 3.8) is 0 Å². The van der Waals surface area contributed by atoms with Gasteiger partial charge in [-0.05, 0) is 67.7 Å². The van der Waals surface area contributed by atoms with Crippen LogP contribution in [-0.4, -0.2) is 69.9 Å². The van der Waals surface area contributed by atoms with Crippen LogP contribution in [0.4, 0.5) is 17.1 Å². The quantitative estimate of drug-likeness (QED) is 0.737. The molecule has 5 rings (SSSR count). The SMILES string of the molecule is Cc1cc(NC(=O)c2ccc3c(c2)SC2=NS(=O)(=O)CCN23)ccc1N1CCN(C)CC1. The van der Waals surface area contributed by atoms with Gasteiger partial charge in [0.05, 0.1) is 11.4 Å². The van der Waals surface area contributed by atoms with E-state index in [1.807, 2.05) is 23.1 Å². The number of fused-ring (bicyclic) bond motifs is 3. The summed E-state index contributed by atoms with van der Waals surface area (Å²) in [5.74, 6) is -0.193. The maximum atomic E-state index is 12.9. The number of carbonyl (C=O) groups excluding carboxylic acids is 1. The highest BCUT2D eigenvalue weighted by Crippen LogP contribution is 2.42. The molecule has 3 aliphatic rings. The number of nitrogens with one attached hydrogen (secondary N) is 1. The summed E-state index contributed by atoms with van der Waals surface area (Å²) in [6.45, 7) is 6.54. The van der Waals surface area contributed by atoms with Gasteiger partial charge in [-0.25, -0.2) is 8.42 Å². The molecule has 1 amide bonds. The molecule has 0 atom stereocenters. The fourth-order valence-electron chi connectivity index (χ4n) is 4.21. The summed E-state index contributed by atoms with van der Waals surface area (Å²) < 4.78 is 27.4. The smallest absolute Gasteiger partial charge is 0.257 e. The largest absolute Gasteiger partial charge is 0.369 e. The number of aryl methyl sites for hydroxylation is 1. The molecule has 0 aliphatic carbocycles. The first-order valence-corrected chi connectivity index (χ1v) is 13.0. The van der Waals surface area contributed by atoms with E-state index in [9.17, 15) is 13.2 Å². The molecule has 2 aromatic carbocycles. The average Bonchev–Trinajstić information content (AvgIpc) is 3.10. The van der Waals surface area contributed by atoms with Gasteiger partial charge in [-0.15, -0.1) is 4.40 Å². The lowest BCUT2D eigenvalue weighted by atomic mass is 10.1. The van der Waals surface area contributed by atoms with Crippen molar-refractivity contribution < 1.29 is 13.2 Å². The summed E-state index contributed by atoms with van der Waals surface area (Å²) in [7, 11) is -1.26. The van der Waals surface area contributed by atoms with Gasteiger partial charge < -0.3 is 20.0 Å². The van der Waals surface area contributed by atoms with E-state index in [0.717, 1.165) is 48.0 Å². The second kappa shape index (κ2) is 8.09. The van der Waals surface area contributed by atoms with Crippen LogP contribution in [0.3, 0.4) is 0 Å². The van der Waals surface area contributed by atoms with Gasteiger partial charge in [-0.2, -0.15) is 0 Å². The van der Waals surface area contributed by atoms with Gasteiger partial charge in [0, 0.05) is 54.6 Å². The van der Waals surface area contributed by atoms with Crippen LogP contribution in [0, 0.1) is 6.92 Å². The van der Waals surface area contributed by atoms with Gasteiger partial charge in [-0.3, -0.25) is 4.79 Å². The lowest BCUT2D eigenvalue weighted by molar-refractivity contribution is 0.102. The molecule has 1 saturated heterocycles. The summed E-state index contributed by atoms with van der Waals surface area (Å²) >= 11 is 1.29.